The molecule has 2 heterocycles. The molecular formula is C27H28N2O8. The van der Waals surface area contributed by atoms with Crippen molar-refractivity contribution in [1.82, 2.24) is 4.98 Å². The maximum Gasteiger partial charge on any atom is 0.343 e. The van der Waals surface area contributed by atoms with E-state index >= 15 is 0 Å². The summed E-state index contributed by atoms with van der Waals surface area (Å²) in [6.45, 7) is 1.02. The van der Waals surface area contributed by atoms with Crippen molar-refractivity contribution in [3.8, 4) is 23.0 Å². The molecule has 194 valence electrons. The first-order chi connectivity index (χ1) is 17.8. The van der Waals surface area contributed by atoms with E-state index in [1.54, 1.807) is 18.2 Å². The Labute approximate surface area is 212 Å². The van der Waals surface area contributed by atoms with Crippen molar-refractivity contribution in [3.05, 3.63) is 80.8 Å². The van der Waals surface area contributed by atoms with E-state index in [0.29, 0.717) is 36.7 Å². The zero-order chi connectivity index (χ0) is 26.5. The quantitative estimate of drug-likeness (QED) is 0.354. The molecular weight excluding hydrogens is 480 g/mol. The minimum absolute atomic E-state index is 0.182. The van der Waals surface area contributed by atoms with Crippen LogP contribution < -0.4 is 25.5 Å². The summed E-state index contributed by atoms with van der Waals surface area (Å²) in [6.07, 6.45) is 2.27. The number of methoxy groups -OCH3 is 2. The lowest BCUT2D eigenvalue weighted by molar-refractivity contribution is -0.118. The van der Waals surface area contributed by atoms with Gasteiger partial charge in [-0.25, -0.2) is 4.79 Å². The standard InChI is InChI=1S/C27H28N2O8/c1-34-21-6-4-16(12-22(21)37-9-7-15-3-5-20-17(11-15)8-10-36-20)18(13-23(28)30)24-25(31)19(27(33)35-2)14-29-26(24)32/h3-6,11-12,14,18H,7-10,13H2,1-2H3,(H2,28,30)(H2,29,31,32). The van der Waals surface area contributed by atoms with Crippen molar-refractivity contribution in [3.63, 3.8) is 0 Å². The monoisotopic (exact) mass is 508 g/mol. The first-order valence-electron chi connectivity index (χ1n) is 11.7. The molecule has 4 N–H and O–H groups in total. The van der Waals surface area contributed by atoms with Crippen LogP contribution in [0.2, 0.25) is 0 Å². The predicted molar refractivity (Wildman–Crippen MR) is 134 cm³/mol. The van der Waals surface area contributed by atoms with Gasteiger partial charge in [-0.3, -0.25) is 9.59 Å². The molecule has 1 unspecified atom stereocenters. The summed E-state index contributed by atoms with van der Waals surface area (Å²) in [6, 6.07) is 11.0. The van der Waals surface area contributed by atoms with E-state index in [1.807, 2.05) is 12.1 Å². The van der Waals surface area contributed by atoms with Crippen LogP contribution in [0.3, 0.4) is 0 Å². The molecule has 3 aromatic rings. The smallest absolute Gasteiger partial charge is 0.343 e. The van der Waals surface area contributed by atoms with Crippen molar-refractivity contribution in [2.24, 2.45) is 5.73 Å². The first-order valence-corrected chi connectivity index (χ1v) is 11.7. The Kier molecular flexibility index (Phi) is 7.66. The van der Waals surface area contributed by atoms with Gasteiger partial charge >= 0.3 is 5.97 Å². The van der Waals surface area contributed by atoms with Crippen LogP contribution in [-0.4, -0.2) is 49.4 Å². The third kappa shape index (κ3) is 5.53. The molecule has 4 rings (SSSR count). The van der Waals surface area contributed by atoms with Crippen LogP contribution in [0.4, 0.5) is 0 Å². The van der Waals surface area contributed by atoms with Crippen molar-refractivity contribution >= 4 is 11.9 Å². The highest BCUT2D eigenvalue weighted by Crippen LogP contribution is 2.38. The van der Waals surface area contributed by atoms with Gasteiger partial charge in [0.1, 0.15) is 17.1 Å². The Balaban J connectivity index is 1.64. The normalized spacial score (nSPS) is 12.8. The molecule has 1 aromatic heterocycles. The van der Waals surface area contributed by atoms with Gasteiger partial charge in [0.05, 0.1) is 33.0 Å². The minimum Gasteiger partial charge on any atom is -0.506 e. The van der Waals surface area contributed by atoms with E-state index in [9.17, 15) is 19.5 Å². The van der Waals surface area contributed by atoms with Gasteiger partial charge in [-0.1, -0.05) is 18.2 Å². The van der Waals surface area contributed by atoms with E-state index in [2.05, 4.69) is 15.8 Å². The van der Waals surface area contributed by atoms with E-state index in [1.165, 1.54) is 12.7 Å². The number of pyridine rings is 1. The molecule has 0 aliphatic carbocycles. The van der Waals surface area contributed by atoms with Crippen molar-refractivity contribution < 1.29 is 33.6 Å². The van der Waals surface area contributed by atoms with Crippen LogP contribution in [0.15, 0.2) is 47.4 Å². The van der Waals surface area contributed by atoms with Crippen molar-refractivity contribution in [1.29, 1.82) is 0 Å². The van der Waals surface area contributed by atoms with Crippen LogP contribution in [0, 0.1) is 0 Å². The van der Waals surface area contributed by atoms with E-state index in [0.717, 1.165) is 31.0 Å². The Morgan fingerprint density at radius 2 is 1.97 bits per heavy atom. The van der Waals surface area contributed by atoms with Gasteiger partial charge in [-0.15, -0.1) is 0 Å². The van der Waals surface area contributed by atoms with Crippen LogP contribution in [0.1, 0.15) is 45.0 Å². The molecule has 1 aliphatic rings. The van der Waals surface area contributed by atoms with Crippen LogP contribution >= 0.6 is 0 Å². The number of ether oxygens (including phenoxy) is 4. The summed E-state index contributed by atoms with van der Waals surface area (Å²) in [7, 11) is 2.65. The first kappa shape index (κ1) is 25.6. The number of esters is 1. The number of fused-ring (bicyclic) bond motifs is 1. The lowest BCUT2D eigenvalue weighted by atomic mass is 9.87. The second kappa shape index (κ2) is 11.1. The predicted octanol–water partition coefficient (Wildman–Crippen LogP) is 2.44. The van der Waals surface area contributed by atoms with Crippen LogP contribution in [0.5, 0.6) is 23.0 Å². The van der Waals surface area contributed by atoms with E-state index in [4.69, 9.17) is 19.9 Å². The van der Waals surface area contributed by atoms with Crippen molar-refractivity contribution in [2.75, 3.05) is 27.4 Å². The molecule has 10 heteroatoms. The van der Waals surface area contributed by atoms with Gasteiger partial charge in [-0.2, -0.15) is 0 Å². The molecule has 0 radical (unpaired) electrons. The van der Waals surface area contributed by atoms with Gasteiger partial charge in [-0.05, 0) is 34.9 Å². The number of amides is 1. The summed E-state index contributed by atoms with van der Waals surface area (Å²) >= 11 is 0. The van der Waals surface area contributed by atoms with E-state index < -0.39 is 29.1 Å². The molecule has 2 aromatic carbocycles. The average Bonchev–Trinajstić information content (AvgIpc) is 3.35. The van der Waals surface area contributed by atoms with Gasteiger partial charge in [0, 0.05) is 31.4 Å². The molecule has 0 saturated heterocycles. The number of nitrogens with two attached hydrogens (primary N) is 1. The number of aromatic amines is 1. The Hall–Kier alpha value is -4.47. The van der Waals surface area contributed by atoms with E-state index in [-0.39, 0.29) is 17.5 Å². The number of rotatable bonds is 10. The maximum absolute atomic E-state index is 12.7. The SMILES string of the molecule is COC(=O)c1c[nH]c(=O)c(C(CC(N)=O)c2ccc(OC)c(OCCc3ccc4c(c3)CCO4)c2)c1O. The zero-order valence-electron chi connectivity index (χ0n) is 20.5. The fourth-order valence-electron chi connectivity index (χ4n) is 4.41. The number of nitrogens with one attached hydrogen (secondary N) is 1. The number of hydrogen-bond acceptors (Lipinski definition) is 8. The van der Waals surface area contributed by atoms with Crippen LogP contribution in [0.25, 0.3) is 0 Å². The van der Waals surface area contributed by atoms with Gasteiger partial charge in [0.15, 0.2) is 11.5 Å². The molecule has 0 spiro atoms. The lowest BCUT2D eigenvalue weighted by Crippen LogP contribution is -2.24. The molecule has 37 heavy (non-hydrogen) atoms. The molecule has 1 amide bonds. The highest BCUT2D eigenvalue weighted by atomic mass is 16.5. The van der Waals surface area contributed by atoms with Crippen LogP contribution in [-0.2, 0) is 22.4 Å². The fourth-order valence-corrected chi connectivity index (χ4v) is 4.41. The molecule has 1 atom stereocenters. The third-order valence-corrected chi connectivity index (χ3v) is 6.25. The molecule has 1 aliphatic heterocycles. The number of benzene rings is 2. The summed E-state index contributed by atoms with van der Waals surface area (Å²) in [5, 5.41) is 10.8. The number of H-pyrrole nitrogens is 1. The Morgan fingerprint density at radius 3 is 2.70 bits per heavy atom. The molecule has 0 saturated carbocycles. The number of hydrogen-bond donors (Lipinski definition) is 3. The number of primary amides is 1. The van der Waals surface area contributed by atoms with Crippen molar-refractivity contribution in [2.45, 2.75) is 25.2 Å². The van der Waals surface area contributed by atoms with Gasteiger partial charge in [0.25, 0.3) is 5.56 Å². The Morgan fingerprint density at radius 1 is 1.16 bits per heavy atom. The molecule has 0 fully saturated rings. The number of carbonyl (C=O) groups is 2. The van der Waals surface area contributed by atoms with Gasteiger partial charge in [0.2, 0.25) is 5.91 Å². The molecule has 10 nitrogen and oxygen atoms in total. The lowest BCUT2D eigenvalue weighted by Gasteiger charge is -2.20. The minimum atomic E-state index is -0.962. The summed E-state index contributed by atoms with van der Waals surface area (Å²) in [4.78, 5) is 39.2. The summed E-state index contributed by atoms with van der Waals surface area (Å²) in [5.41, 5.74) is 7.12. The molecule has 0 bridgehead atoms. The summed E-state index contributed by atoms with van der Waals surface area (Å²) in [5.74, 6) is -1.34. The topological polar surface area (TPSA) is 150 Å². The van der Waals surface area contributed by atoms with Gasteiger partial charge < -0.3 is 34.8 Å². The highest BCUT2D eigenvalue weighted by molar-refractivity contribution is 5.92. The largest absolute Gasteiger partial charge is 0.506 e. The highest BCUT2D eigenvalue weighted by Gasteiger charge is 2.28. The number of carbonyl (C=O) groups excluding carboxylic acids is 2. The fraction of sp³-hybridized carbons (Fsp3) is 0.296. The number of aromatic nitrogens is 1. The second-order valence-corrected chi connectivity index (χ2v) is 8.56. The Bertz CT molecular complexity index is 1380. The average molecular weight is 509 g/mol. The number of aromatic hydroxyl groups is 1. The summed E-state index contributed by atoms with van der Waals surface area (Å²) < 4.78 is 21.7. The third-order valence-electron chi connectivity index (χ3n) is 6.25. The zero-order valence-corrected chi connectivity index (χ0v) is 20.5. The second-order valence-electron chi connectivity index (χ2n) is 8.56. The maximum atomic E-state index is 12.7.